The molecule has 3 unspecified atom stereocenters. The lowest BCUT2D eigenvalue weighted by atomic mass is 10.2. The van der Waals surface area contributed by atoms with E-state index in [0.29, 0.717) is 5.13 Å². The highest BCUT2D eigenvalue weighted by Crippen LogP contribution is 2.27. The van der Waals surface area contributed by atoms with Gasteiger partial charge in [-0.1, -0.05) is 0 Å². The van der Waals surface area contributed by atoms with Crippen LogP contribution in [0, 0.1) is 10.1 Å². The second kappa shape index (κ2) is 9.66. The number of hydrogen-bond donors (Lipinski definition) is 1. The number of aromatic nitrogens is 1. The zero-order valence-electron chi connectivity index (χ0n) is 16.5. The van der Waals surface area contributed by atoms with Crippen LogP contribution in [0.3, 0.4) is 0 Å². The van der Waals surface area contributed by atoms with E-state index in [1.807, 2.05) is 5.38 Å². The monoisotopic (exact) mass is 436 g/mol. The van der Waals surface area contributed by atoms with Crippen LogP contribution in [0.25, 0.3) is 0 Å². The first kappa shape index (κ1) is 21.7. The predicted octanol–water partition coefficient (Wildman–Crippen LogP) is 3.78. The number of carbonyl (C=O) groups excluding carboxylic acids is 1. The summed E-state index contributed by atoms with van der Waals surface area (Å²) in [5.74, 6) is -0.150. The van der Waals surface area contributed by atoms with Crippen molar-refractivity contribution in [1.29, 1.82) is 0 Å². The lowest BCUT2D eigenvalue weighted by Crippen LogP contribution is -2.44. The van der Waals surface area contributed by atoms with Crippen molar-refractivity contribution in [3.63, 3.8) is 0 Å². The number of morpholine rings is 1. The first-order valence-corrected chi connectivity index (χ1v) is 11.1. The molecule has 1 fully saturated rings. The third-order valence-electron chi connectivity index (χ3n) is 4.39. The molecule has 10 heteroatoms. The standard InChI is InChI=1S/C19H24N4O4S2/c1-12-8-22(9-13(2)27-12)10-15-11-28-19(20-15)21-18(24)14(3)29-17-6-4-16(5-7-17)23(25)26/h4-7,11-14H,8-10H2,1-3H3,(H,20,21,24). The summed E-state index contributed by atoms with van der Waals surface area (Å²) in [6.45, 7) is 8.40. The Kier molecular flexibility index (Phi) is 7.23. The molecule has 3 atom stereocenters. The molecule has 2 aromatic rings. The van der Waals surface area contributed by atoms with E-state index in [9.17, 15) is 14.9 Å². The summed E-state index contributed by atoms with van der Waals surface area (Å²) in [4.78, 5) is 30.4. The molecule has 1 N–H and O–H groups in total. The average Bonchev–Trinajstić information content (AvgIpc) is 3.08. The summed E-state index contributed by atoms with van der Waals surface area (Å²) in [6.07, 6.45) is 0.405. The molecule has 1 aliphatic heterocycles. The van der Waals surface area contributed by atoms with Crippen LogP contribution in [0.5, 0.6) is 0 Å². The van der Waals surface area contributed by atoms with Crippen molar-refractivity contribution in [1.82, 2.24) is 9.88 Å². The Balaban J connectivity index is 1.52. The number of hydrogen-bond acceptors (Lipinski definition) is 8. The highest BCUT2D eigenvalue weighted by atomic mass is 32.2. The Bertz CT molecular complexity index is 848. The van der Waals surface area contributed by atoms with E-state index in [2.05, 4.69) is 29.0 Å². The van der Waals surface area contributed by atoms with Gasteiger partial charge in [0.05, 0.1) is 28.1 Å². The van der Waals surface area contributed by atoms with E-state index < -0.39 is 4.92 Å². The van der Waals surface area contributed by atoms with Gasteiger partial charge in [0.25, 0.3) is 5.69 Å². The fourth-order valence-corrected chi connectivity index (χ4v) is 4.76. The minimum absolute atomic E-state index is 0.0332. The number of anilines is 1. The molecule has 0 bridgehead atoms. The van der Waals surface area contributed by atoms with Gasteiger partial charge in [0.1, 0.15) is 0 Å². The number of non-ortho nitro benzene ring substituents is 1. The Labute approximate surface area is 177 Å². The van der Waals surface area contributed by atoms with Crippen molar-refractivity contribution in [3.05, 3.63) is 45.5 Å². The second-order valence-corrected chi connectivity index (χ2v) is 9.37. The molecule has 1 aromatic heterocycles. The van der Waals surface area contributed by atoms with Gasteiger partial charge in [-0.2, -0.15) is 0 Å². The first-order valence-electron chi connectivity index (χ1n) is 9.34. The maximum absolute atomic E-state index is 12.5. The van der Waals surface area contributed by atoms with Crippen molar-refractivity contribution in [2.45, 2.75) is 49.7 Å². The van der Waals surface area contributed by atoms with Gasteiger partial charge < -0.3 is 10.1 Å². The second-order valence-electron chi connectivity index (χ2n) is 7.10. The van der Waals surface area contributed by atoms with Gasteiger partial charge in [-0.3, -0.25) is 19.8 Å². The highest BCUT2D eigenvalue weighted by molar-refractivity contribution is 8.00. The molecule has 29 heavy (non-hydrogen) atoms. The Hall–Kier alpha value is -2.01. The number of nitrogens with one attached hydrogen (secondary N) is 1. The van der Waals surface area contributed by atoms with Gasteiger partial charge in [-0.25, -0.2) is 4.98 Å². The molecule has 1 amide bonds. The molecule has 8 nitrogen and oxygen atoms in total. The topological polar surface area (TPSA) is 97.6 Å². The van der Waals surface area contributed by atoms with Crippen molar-refractivity contribution < 1.29 is 14.5 Å². The Morgan fingerprint density at radius 3 is 2.66 bits per heavy atom. The quantitative estimate of drug-likeness (QED) is 0.401. The lowest BCUT2D eigenvalue weighted by Gasteiger charge is -2.34. The van der Waals surface area contributed by atoms with Crippen LogP contribution in [-0.4, -0.2) is 51.3 Å². The molecular formula is C19H24N4O4S2. The fourth-order valence-electron chi connectivity index (χ4n) is 3.19. The molecular weight excluding hydrogens is 412 g/mol. The van der Waals surface area contributed by atoms with E-state index in [1.54, 1.807) is 19.1 Å². The summed E-state index contributed by atoms with van der Waals surface area (Å²) in [6, 6.07) is 6.18. The van der Waals surface area contributed by atoms with Crippen LogP contribution in [-0.2, 0) is 16.1 Å². The molecule has 0 aliphatic carbocycles. The molecule has 0 spiro atoms. The molecule has 2 heterocycles. The average molecular weight is 437 g/mol. The maximum Gasteiger partial charge on any atom is 0.269 e. The van der Waals surface area contributed by atoms with E-state index in [-0.39, 0.29) is 29.1 Å². The van der Waals surface area contributed by atoms with Crippen LogP contribution in [0.4, 0.5) is 10.8 Å². The third kappa shape index (κ3) is 6.23. The van der Waals surface area contributed by atoms with Gasteiger partial charge in [-0.15, -0.1) is 23.1 Å². The number of rotatable bonds is 7. The third-order valence-corrected chi connectivity index (χ3v) is 6.31. The number of benzene rings is 1. The van der Waals surface area contributed by atoms with E-state index in [4.69, 9.17) is 4.74 Å². The van der Waals surface area contributed by atoms with E-state index >= 15 is 0 Å². The maximum atomic E-state index is 12.5. The smallest absolute Gasteiger partial charge is 0.269 e. The molecule has 1 aromatic carbocycles. The number of amides is 1. The number of nitrogens with zero attached hydrogens (tertiary/aromatic N) is 3. The molecule has 3 rings (SSSR count). The van der Waals surface area contributed by atoms with Crippen LogP contribution >= 0.6 is 23.1 Å². The SMILES string of the molecule is CC1CN(Cc2csc(NC(=O)C(C)Sc3ccc([N+](=O)[O-])cc3)n2)CC(C)O1. The Morgan fingerprint density at radius 2 is 2.03 bits per heavy atom. The number of nitro groups is 1. The van der Waals surface area contributed by atoms with Crippen LogP contribution in [0.1, 0.15) is 26.5 Å². The van der Waals surface area contributed by atoms with Crippen molar-refractivity contribution in [2.24, 2.45) is 0 Å². The lowest BCUT2D eigenvalue weighted by molar-refractivity contribution is -0.384. The first-order chi connectivity index (χ1) is 13.8. The zero-order chi connectivity index (χ0) is 21.0. The molecule has 1 saturated heterocycles. The zero-order valence-corrected chi connectivity index (χ0v) is 18.2. The van der Waals surface area contributed by atoms with Crippen LogP contribution in [0.2, 0.25) is 0 Å². The number of thiazole rings is 1. The summed E-state index contributed by atoms with van der Waals surface area (Å²) in [5, 5.41) is 15.8. The predicted molar refractivity (Wildman–Crippen MR) is 114 cm³/mol. The Morgan fingerprint density at radius 1 is 1.38 bits per heavy atom. The molecule has 0 saturated carbocycles. The van der Waals surface area contributed by atoms with Gasteiger partial charge in [0.2, 0.25) is 5.91 Å². The normalized spacial score (nSPS) is 20.9. The van der Waals surface area contributed by atoms with Crippen molar-refractivity contribution >= 4 is 39.8 Å². The summed E-state index contributed by atoms with van der Waals surface area (Å²) < 4.78 is 5.75. The van der Waals surface area contributed by atoms with Gasteiger partial charge in [0.15, 0.2) is 5.13 Å². The van der Waals surface area contributed by atoms with Crippen LogP contribution in [0.15, 0.2) is 34.5 Å². The number of carbonyl (C=O) groups is 1. The number of ether oxygens (including phenoxy) is 1. The summed E-state index contributed by atoms with van der Waals surface area (Å²) in [7, 11) is 0. The highest BCUT2D eigenvalue weighted by Gasteiger charge is 2.23. The minimum Gasteiger partial charge on any atom is -0.373 e. The molecule has 0 radical (unpaired) electrons. The van der Waals surface area contributed by atoms with Gasteiger partial charge in [-0.05, 0) is 32.9 Å². The van der Waals surface area contributed by atoms with Crippen LogP contribution < -0.4 is 5.32 Å². The number of thioether (sulfide) groups is 1. The largest absolute Gasteiger partial charge is 0.373 e. The fraction of sp³-hybridized carbons (Fsp3) is 0.474. The van der Waals surface area contributed by atoms with Gasteiger partial charge in [0, 0.05) is 42.0 Å². The van der Waals surface area contributed by atoms with Crippen molar-refractivity contribution in [2.75, 3.05) is 18.4 Å². The van der Waals surface area contributed by atoms with E-state index in [1.165, 1.54) is 35.2 Å². The minimum atomic E-state index is -0.442. The van der Waals surface area contributed by atoms with Crippen molar-refractivity contribution in [3.8, 4) is 0 Å². The number of nitro benzene ring substituents is 1. The van der Waals surface area contributed by atoms with Gasteiger partial charge >= 0.3 is 0 Å². The summed E-state index contributed by atoms with van der Waals surface area (Å²) in [5.41, 5.74) is 0.966. The van der Waals surface area contributed by atoms with E-state index in [0.717, 1.165) is 30.2 Å². The molecule has 156 valence electrons. The summed E-state index contributed by atoms with van der Waals surface area (Å²) >= 11 is 2.76. The molecule has 1 aliphatic rings.